The number of benzene rings is 1. The highest BCUT2D eigenvalue weighted by Gasteiger charge is 2.46. The van der Waals surface area contributed by atoms with Gasteiger partial charge in [0.15, 0.2) is 0 Å². The van der Waals surface area contributed by atoms with Gasteiger partial charge >= 0.3 is 6.09 Å². The Labute approximate surface area is 200 Å². The molecule has 0 saturated carbocycles. The fraction of sp³-hybridized carbons (Fsp3) is 0.391. The van der Waals surface area contributed by atoms with Crippen LogP contribution in [0.3, 0.4) is 0 Å². The van der Waals surface area contributed by atoms with Crippen LogP contribution in [0.25, 0.3) is 0 Å². The van der Waals surface area contributed by atoms with Crippen molar-refractivity contribution in [2.75, 3.05) is 19.7 Å². The lowest BCUT2D eigenvalue weighted by Crippen LogP contribution is -2.54. The van der Waals surface area contributed by atoms with Gasteiger partial charge in [-0.05, 0) is 24.6 Å². The molecule has 3 heterocycles. The van der Waals surface area contributed by atoms with Gasteiger partial charge in [0.05, 0.1) is 11.1 Å². The van der Waals surface area contributed by atoms with Crippen molar-refractivity contribution in [3.05, 3.63) is 41.5 Å². The number of imide groups is 2. The minimum Gasteiger partial charge on any atom is -0.489 e. The number of nitrogens with zero attached hydrogens (tertiary/aromatic N) is 2. The maximum Gasteiger partial charge on any atom is 0.404 e. The number of rotatable bonds is 6. The van der Waals surface area contributed by atoms with Crippen molar-refractivity contribution in [1.82, 2.24) is 15.1 Å². The second-order valence-electron chi connectivity index (χ2n) is 8.30. The first-order chi connectivity index (χ1) is 16.8. The molecule has 12 nitrogen and oxygen atoms in total. The number of primary amides is 1. The Hall–Kier alpha value is -4.22. The molecule has 0 radical (unpaired) electrons. The smallest absolute Gasteiger partial charge is 0.404 e. The molecule has 6 amide bonds. The van der Waals surface area contributed by atoms with Gasteiger partial charge in [-0.2, -0.15) is 0 Å². The number of ether oxygens (including phenoxy) is 2. The van der Waals surface area contributed by atoms with E-state index in [0.29, 0.717) is 25.9 Å². The predicted octanol–water partition coefficient (Wildman–Crippen LogP) is 0.109. The topological polar surface area (TPSA) is 165 Å². The monoisotopic (exact) mass is 484 g/mol. The van der Waals surface area contributed by atoms with Crippen LogP contribution in [0.5, 0.6) is 5.75 Å². The first-order valence-corrected chi connectivity index (χ1v) is 11.1. The van der Waals surface area contributed by atoms with Gasteiger partial charge in [-0.15, -0.1) is 0 Å². The van der Waals surface area contributed by atoms with Crippen molar-refractivity contribution in [1.29, 1.82) is 0 Å². The van der Waals surface area contributed by atoms with E-state index < -0.39 is 35.8 Å². The molecule has 2 fully saturated rings. The normalized spacial score (nSPS) is 20.7. The van der Waals surface area contributed by atoms with E-state index in [1.54, 1.807) is 11.0 Å². The van der Waals surface area contributed by atoms with Crippen molar-refractivity contribution >= 4 is 35.6 Å². The van der Waals surface area contributed by atoms with E-state index in [4.69, 9.17) is 15.2 Å². The first-order valence-electron chi connectivity index (χ1n) is 11.1. The molecule has 0 spiro atoms. The minimum absolute atomic E-state index is 0.0296. The summed E-state index contributed by atoms with van der Waals surface area (Å²) < 4.78 is 10.6. The van der Waals surface area contributed by atoms with Crippen LogP contribution in [-0.4, -0.2) is 77.3 Å². The van der Waals surface area contributed by atoms with Crippen molar-refractivity contribution in [2.45, 2.75) is 37.8 Å². The Bertz CT molecular complexity index is 1120. The largest absolute Gasteiger partial charge is 0.489 e. The van der Waals surface area contributed by atoms with Crippen LogP contribution >= 0.6 is 0 Å². The molecule has 0 aromatic heterocycles. The summed E-state index contributed by atoms with van der Waals surface area (Å²) in [7, 11) is 0. The SMILES string of the molecule is NC(=O)OC1CCN(C(=O)/C=C/COc2cccc3c2C(=O)N(C2CCC(=O)NC2=O)C3=O)CC1. The number of hydrogen-bond acceptors (Lipinski definition) is 8. The number of likely N-dealkylation sites (tertiary alicyclic amines) is 1. The van der Waals surface area contributed by atoms with Gasteiger partial charge in [0.25, 0.3) is 11.8 Å². The maximum atomic E-state index is 13.0. The molecule has 1 aromatic rings. The molecular weight excluding hydrogens is 460 g/mol. The van der Waals surface area contributed by atoms with Crippen LogP contribution in [0.4, 0.5) is 4.79 Å². The Morgan fingerprint density at radius 1 is 1.09 bits per heavy atom. The molecule has 3 aliphatic heterocycles. The number of nitrogens with one attached hydrogen (secondary N) is 1. The van der Waals surface area contributed by atoms with Crippen LogP contribution in [0, 0.1) is 0 Å². The highest BCUT2D eigenvalue weighted by atomic mass is 16.6. The van der Waals surface area contributed by atoms with Crippen molar-refractivity contribution in [2.24, 2.45) is 5.73 Å². The highest BCUT2D eigenvalue weighted by molar-refractivity contribution is 6.24. The Morgan fingerprint density at radius 3 is 2.51 bits per heavy atom. The predicted molar refractivity (Wildman–Crippen MR) is 118 cm³/mol. The van der Waals surface area contributed by atoms with E-state index in [1.165, 1.54) is 24.3 Å². The molecule has 3 N–H and O–H groups in total. The second kappa shape index (κ2) is 9.95. The number of hydrogen-bond donors (Lipinski definition) is 2. The number of carbonyl (C=O) groups is 6. The van der Waals surface area contributed by atoms with Crippen molar-refractivity contribution in [3.63, 3.8) is 0 Å². The van der Waals surface area contributed by atoms with Gasteiger partial charge in [-0.1, -0.05) is 6.07 Å². The molecule has 35 heavy (non-hydrogen) atoms. The maximum absolute atomic E-state index is 13.0. The molecular formula is C23H24N4O8. The number of nitrogens with two attached hydrogens (primary N) is 1. The Morgan fingerprint density at radius 2 is 1.83 bits per heavy atom. The third kappa shape index (κ3) is 5.00. The lowest BCUT2D eigenvalue weighted by atomic mass is 10.0. The van der Waals surface area contributed by atoms with Crippen molar-refractivity contribution in [3.8, 4) is 5.75 Å². The molecule has 12 heteroatoms. The van der Waals surface area contributed by atoms with Crippen LogP contribution in [0.1, 0.15) is 46.4 Å². The zero-order valence-corrected chi connectivity index (χ0v) is 18.7. The molecule has 1 unspecified atom stereocenters. The number of amides is 6. The summed E-state index contributed by atoms with van der Waals surface area (Å²) >= 11 is 0. The molecule has 0 aliphatic carbocycles. The lowest BCUT2D eigenvalue weighted by Gasteiger charge is -2.30. The average Bonchev–Trinajstić information content (AvgIpc) is 3.07. The van der Waals surface area contributed by atoms with E-state index in [0.717, 1.165) is 4.90 Å². The van der Waals surface area contributed by atoms with Crippen LogP contribution in [0.15, 0.2) is 30.4 Å². The Kier molecular flexibility index (Phi) is 6.80. The van der Waals surface area contributed by atoms with E-state index >= 15 is 0 Å². The molecule has 1 aromatic carbocycles. The molecule has 4 rings (SSSR count). The summed E-state index contributed by atoms with van der Waals surface area (Å²) in [5, 5.41) is 2.15. The van der Waals surface area contributed by atoms with Gasteiger partial charge in [-0.25, -0.2) is 4.79 Å². The number of piperidine rings is 2. The number of fused-ring (bicyclic) bond motifs is 1. The first kappa shape index (κ1) is 23.9. The molecule has 2 saturated heterocycles. The highest BCUT2D eigenvalue weighted by Crippen LogP contribution is 2.33. The van der Waals surface area contributed by atoms with Crippen LogP contribution in [-0.2, 0) is 19.1 Å². The molecule has 184 valence electrons. The van der Waals surface area contributed by atoms with E-state index in [1.807, 2.05) is 0 Å². The van der Waals surface area contributed by atoms with Gasteiger partial charge in [0.1, 0.15) is 24.5 Å². The summed E-state index contributed by atoms with van der Waals surface area (Å²) in [6.45, 7) is 0.797. The summed E-state index contributed by atoms with van der Waals surface area (Å²) in [4.78, 5) is 75.2. The van der Waals surface area contributed by atoms with Gasteiger partial charge in [-0.3, -0.25) is 34.2 Å². The van der Waals surface area contributed by atoms with E-state index in [-0.39, 0.29) is 48.3 Å². The fourth-order valence-corrected chi connectivity index (χ4v) is 4.35. The minimum atomic E-state index is -1.07. The van der Waals surface area contributed by atoms with Crippen LogP contribution in [0.2, 0.25) is 0 Å². The number of carbonyl (C=O) groups excluding carboxylic acids is 6. The van der Waals surface area contributed by atoms with Gasteiger partial charge in [0, 0.05) is 38.4 Å². The lowest BCUT2D eigenvalue weighted by molar-refractivity contribution is -0.136. The van der Waals surface area contributed by atoms with E-state index in [9.17, 15) is 28.8 Å². The van der Waals surface area contributed by atoms with Gasteiger partial charge < -0.3 is 20.1 Å². The second-order valence-corrected chi connectivity index (χ2v) is 8.30. The zero-order chi connectivity index (χ0) is 25.1. The third-order valence-corrected chi connectivity index (χ3v) is 6.06. The standard InChI is InChI=1S/C23H24N4O8/c24-23(33)35-13-8-10-26(11-9-13)18(29)5-2-12-34-16-4-1-3-14-19(16)22(32)27(21(14)31)15-6-7-17(28)25-20(15)30/h1-5,13,15H,6-12H2,(H2,24,33)(H,25,28,30)/b5-2+. The molecule has 0 bridgehead atoms. The van der Waals surface area contributed by atoms with Gasteiger partial charge in [0.2, 0.25) is 17.7 Å². The summed E-state index contributed by atoms with van der Waals surface area (Å²) in [6, 6.07) is 3.49. The van der Waals surface area contributed by atoms with E-state index in [2.05, 4.69) is 5.32 Å². The summed E-state index contributed by atoms with van der Waals surface area (Å²) in [5.41, 5.74) is 5.16. The third-order valence-electron chi connectivity index (χ3n) is 6.06. The quantitative estimate of drug-likeness (QED) is 0.424. The zero-order valence-electron chi connectivity index (χ0n) is 18.7. The van der Waals surface area contributed by atoms with Crippen LogP contribution < -0.4 is 15.8 Å². The average molecular weight is 484 g/mol. The summed E-state index contributed by atoms with van der Waals surface area (Å²) in [5.74, 6) is -2.52. The Balaban J connectivity index is 1.36. The fourth-order valence-electron chi connectivity index (χ4n) is 4.35. The summed E-state index contributed by atoms with van der Waals surface area (Å²) in [6.07, 6.45) is 2.78. The van der Waals surface area contributed by atoms with Crippen molar-refractivity contribution < 1.29 is 38.2 Å². The molecule has 1 atom stereocenters. The molecule has 3 aliphatic rings.